The Balaban J connectivity index is 0.00000204. The molecule has 0 saturated heterocycles. The van der Waals surface area contributed by atoms with Crippen LogP contribution < -0.4 is 24.8 Å². The first-order valence-corrected chi connectivity index (χ1v) is 15.4. The van der Waals surface area contributed by atoms with Crippen molar-refractivity contribution in [2.24, 2.45) is 10.8 Å². The van der Waals surface area contributed by atoms with Gasteiger partial charge in [-0.25, -0.2) is 0 Å². The third kappa shape index (κ3) is 4.86. The second-order valence-electron chi connectivity index (χ2n) is 11.2. The van der Waals surface area contributed by atoms with E-state index in [2.05, 4.69) is 151 Å². The molecule has 2 aromatic rings. The minimum atomic E-state index is -2.72. The molecule has 0 radical (unpaired) electrons. The molecule has 2 aliphatic carbocycles. The summed E-state index contributed by atoms with van der Waals surface area (Å²) in [5, 5.41) is 0. The molecule has 0 aromatic heterocycles. The van der Waals surface area contributed by atoms with Gasteiger partial charge in [0.05, 0.1) is 0 Å². The van der Waals surface area contributed by atoms with Crippen molar-refractivity contribution in [3.8, 4) is 0 Å². The van der Waals surface area contributed by atoms with E-state index in [4.69, 9.17) is 0 Å². The summed E-state index contributed by atoms with van der Waals surface area (Å²) in [6.07, 6.45) is 19.4. The van der Waals surface area contributed by atoms with Gasteiger partial charge < -0.3 is 24.8 Å². The van der Waals surface area contributed by atoms with E-state index in [0.29, 0.717) is 0 Å². The van der Waals surface area contributed by atoms with Gasteiger partial charge in [0.25, 0.3) is 0 Å². The zero-order valence-electron chi connectivity index (χ0n) is 21.1. The molecule has 0 atom stereocenters. The SMILES string of the molecule is CC(C)(C)[C]1([Zr+2](=[C](c2ccccc2)c2ccccc2)[C]2(C(C)(C)C)C=CC=C2)C=CC=C1.[Cl-].[Cl-]. The van der Waals surface area contributed by atoms with E-state index in [1.54, 1.807) is 3.21 Å². The van der Waals surface area contributed by atoms with Crippen LogP contribution in [0.15, 0.2) is 109 Å². The normalized spacial score (nSPS) is 17.0. The van der Waals surface area contributed by atoms with Crippen molar-refractivity contribution in [2.45, 2.75) is 47.8 Å². The van der Waals surface area contributed by atoms with E-state index in [-0.39, 0.29) is 41.9 Å². The predicted molar refractivity (Wildman–Crippen MR) is 137 cm³/mol. The molecule has 0 unspecified atom stereocenters. The van der Waals surface area contributed by atoms with E-state index in [1.807, 2.05) is 0 Å². The molecule has 178 valence electrons. The van der Waals surface area contributed by atoms with Gasteiger partial charge in [-0.05, 0) is 0 Å². The summed E-state index contributed by atoms with van der Waals surface area (Å²) in [5.41, 5.74) is 3.01. The minimum absolute atomic E-state index is 0. The van der Waals surface area contributed by atoms with Crippen LogP contribution in [-0.4, -0.2) is 3.21 Å². The fourth-order valence-corrected chi connectivity index (χ4v) is 17.7. The molecule has 0 heterocycles. The van der Waals surface area contributed by atoms with Crippen molar-refractivity contribution in [3.63, 3.8) is 0 Å². The van der Waals surface area contributed by atoms with Crippen molar-refractivity contribution < 1.29 is 46.1 Å². The fourth-order valence-electron chi connectivity index (χ4n) is 5.44. The van der Waals surface area contributed by atoms with Gasteiger partial charge in [0.15, 0.2) is 0 Å². The first kappa shape index (κ1) is 29.0. The van der Waals surface area contributed by atoms with Gasteiger partial charge in [-0.15, -0.1) is 0 Å². The van der Waals surface area contributed by atoms with Crippen LogP contribution in [0.4, 0.5) is 0 Å². The van der Waals surface area contributed by atoms with E-state index < -0.39 is 21.3 Å². The first-order valence-electron chi connectivity index (χ1n) is 11.7. The number of halogens is 2. The smallest absolute Gasteiger partial charge is 1.00 e. The van der Waals surface area contributed by atoms with Gasteiger partial charge >= 0.3 is 203 Å². The van der Waals surface area contributed by atoms with Crippen molar-refractivity contribution in [3.05, 3.63) is 120 Å². The summed E-state index contributed by atoms with van der Waals surface area (Å²) in [6, 6.07) is 22.4. The second-order valence-corrected chi connectivity index (χ2v) is 18.3. The second kappa shape index (κ2) is 10.8. The monoisotopic (exact) mass is 568 g/mol. The molecule has 0 bridgehead atoms. The summed E-state index contributed by atoms with van der Waals surface area (Å²) in [4.78, 5) is 0. The Morgan fingerprint density at radius 1 is 0.529 bits per heavy atom. The number of hydrogen-bond acceptors (Lipinski definition) is 0. The number of rotatable bonds is 4. The van der Waals surface area contributed by atoms with Crippen LogP contribution >= 0.6 is 0 Å². The maximum atomic E-state index is 2.56. The summed E-state index contributed by atoms with van der Waals surface area (Å²) in [6.45, 7) is 14.7. The summed E-state index contributed by atoms with van der Waals surface area (Å²) in [5.74, 6) is 0. The third-order valence-electron chi connectivity index (χ3n) is 7.34. The van der Waals surface area contributed by atoms with Crippen molar-refractivity contribution in [1.29, 1.82) is 0 Å². The van der Waals surface area contributed by atoms with Crippen LogP contribution in [-0.2, 0) is 21.3 Å². The van der Waals surface area contributed by atoms with Gasteiger partial charge in [-0.3, -0.25) is 0 Å². The van der Waals surface area contributed by atoms with Gasteiger partial charge in [-0.2, -0.15) is 0 Å². The zero-order valence-corrected chi connectivity index (χ0v) is 25.1. The largest absolute Gasteiger partial charge is 1.00 e. The Morgan fingerprint density at radius 3 is 1.09 bits per heavy atom. The first-order chi connectivity index (χ1) is 15.1. The summed E-state index contributed by atoms with van der Waals surface area (Å²) >= 11 is -2.72. The molecule has 0 fully saturated rings. The number of hydrogen-bond donors (Lipinski definition) is 0. The molecular formula is C31H36Cl2Zr. The van der Waals surface area contributed by atoms with Crippen molar-refractivity contribution in [2.75, 3.05) is 0 Å². The van der Waals surface area contributed by atoms with Crippen LogP contribution in [0.3, 0.4) is 0 Å². The van der Waals surface area contributed by atoms with Crippen molar-refractivity contribution in [1.82, 2.24) is 0 Å². The summed E-state index contributed by atoms with van der Waals surface area (Å²) < 4.78 is 1.73. The van der Waals surface area contributed by atoms with Crippen LogP contribution in [0.5, 0.6) is 0 Å². The Hall–Kier alpha value is -1.27. The summed E-state index contributed by atoms with van der Waals surface area (Å²) in [7, 11) is 0. The minimum Gasteiger partial charge on any atom is -1.00 e. The topological polar surface area (TPSA) is 0 Å². The molecule has 0 N–H and O–H groups in total. The van der Waals surface area contributed by atoms with Gasteiger partial charge in [-0.1, -0.05) is 0 Å². The molecule has 2 aliphatic rings. The van der Waals surface area contributed by atoms with Gasteiger partial charge in [0.2, 0.25) is 0 Å². The fraction of sp³-hybridized carbons (Fsp3) is 0.323. The molecule has 0 amide bonds. The molecule has 0 saturated carbocycles. The van der Waals surface area contributed by atoms with Crippen LogP contribution in [0, 0.1) is 10.8 Å². The average molecular weight is 571 g/mol. The Morgan fingerprint density at radius 2 is 0.824 bits per heavy atom. The number of allylic oxidation sites excluding steroid dienone is 8. The van der Waals surface area contributed by atoms with Crippen molar-refractivity contribution >= 4 is 3.21 Å². The molecule has 2 aromatic carbocycles. The molecule has 0 aliphatic heterocycles. The maximum absolute atomic E-state index is 2.72. The van der Waals surface area contributed by atoms with E-state index >= 15 is 0 Å². The molecule has 3 heteroatoms. The molecule has 0 spiro atoms. The maximum Gasteiger partial charge on any atom is -1.00 e. The molecule has 34 heavy (non-hydrogen) atoms. The van der Waals surface area contributed by atoms with E-state index in [1.165, 1.54) is 11.1 Å². The van der Waals surface area contributed by atoms with E-state index in [9.17, 15) is 0 Å². The Labute approximate surface area is 226 Å². The standard InChI is InChI=1S/C13H10.2C9H13.2ClH.Zr/c1-3-7-12(8-4-1)11-13-9-5-2-6-10-13;2*1-9(2,3)8-6-4-5-7-8;;;/h1-10H;2*4-7H,1-3H3;2*1H;/q;;;;;+2/p-2. The molecular weight excluding hydrogens is 534 g/mol. The molecule has 4 rings (SSSR count). The third-order valence-corrected chi connectivity index (χ3v) is 19.4. The van der Waals surface area contributed by atoms with Crippen LogP contribution in [0.25, 0.3) is 0 Å². The van der Waals surface area contributed by atoms with Crippen LogP contribution in [0.1, 0.15) is 52.7 Å². The Bertz CT molecular complexity index is 1010. The van der Waals surface area contributed by atoms with Crippen LogP contribution in [0.2, 0.25) is 6.25 Å². The average Bonchev–Trinajstić information content (AvgIpc) is 3.44. The zero-order chi connectivity index (χ0) is 23.0. The number of benzene rings is 2. The van der Waals surface area contributed by atoms with Gasteiger partial charge in [0, 0.05) is 0 Å². The van der Waals surface area contributed by atoms with Gasteiger partial charge in [0.1, 0.15) is 0 Å². The Kier molecular flexibility index (Phi) is 9.18. The van der Waals surface area contributed by atoms with E-state index in [0.717, 1.165) is 0 Å². The predicted octanol–water partition coefficient (Wildman–Crippen LogP) is 2.54. The quantitative estimate of drug-likeness (QED) is 0.530. The molecule has 0 nitrogen and oxygen atoms in total.